The minimum atomic E-state index is -1.13. The molecule has 0 aliphatic carbocycles. The van der Waals surface area contributed by atoms with E-state index < -0.39 is 12.0 Å². The quantitative estimate of drug-likeness (QED) is 0.790. The van der Waals surface area contributed by atoms with Gasteiger partial charge >= 0.3 is 5.97 Å². The highest BCUT2D eigenvalue weighted by molar-refractivity contribution is 5.99. The molecule has 0 spiro atoms. The van der Waals surface area contributed by atoms with Gasteiger partial charge in [0.25, 0.3) is 5.91 Å². The Morgan fingerprint density at radius 2 is 1.72 bits per heavy atom. The van der Waals surface area contributed by atoms with Crippen LogP contribution >= 0.6 is 0 Å². The number of carbonyl (C=O) groups is 2. The van der Waals surface area contributed by atoms with Gasteiger partial charge in [0, 0.05) is 12.1 Å². The zero-order valence-electron chi connectivity index (χ0n) is 13.3. The van der Waals surface area contributed by atoms with E-state index in [4.69, 9.17) is 9.52 Å². The Balaban J connectivity index is 1.78. The van der Waals surface area contributed by atoms with Crippen LogP contribution in [0.5, 0.6) is 0 Å². The minimum absolute atomic E-state index is 0.0854. The second-order valence-electron chi connectivity index (χ2n) is 5.92. The summed E-state index contributed by atoms with van der Waals surface area (Å²) in [6.07, 6.45) is 0. The summed E-state index contributed by atoms with van der Waals surface area (Å²) < 4.78 is 5.51. The molecule has 5 nitrogen and oxygen atoms in total. The maximum atomic E-state index is 12.9. The molecule has 2 aromatic carbocycles. The molecule has 0 fully saturated rings. The Morgan fingerprint density at radius 1 is 1.00 bits per heavy atom. The Bertz CT molecular complexity index is 945. The van der Waals surface area contributed by atoms with Crippen molar-refractivity contribution in [3.05, 3.63) is 94.9 Å². The summed E-state index contributed by atoms with van der Waals surface area (Å²) in [5.74, 6) is -0.894. The van der Waals surface area contributed by atoms with E-state index in [9.17, 15) is 9.59 Å². The molecule has 1 aromatic heterocycles. The lowest BCUT2D eigenvalue weighted by Gasteiger charge is -2.24. The zero-order chi connectivity index (χ0) is 17.4. The van der Waals surface area contributed by atoms with Crippen LogP contribution in [-0.2, 0) is 6.54 Å². The minimum Gasteiger partial charge on any atom is -0.475 e. The summed E-state index contributed by atoms with van der Waals surface area (Å²) in [5, 5.41) is 9.12. The number of carboxylic acid groups (broad SMARTS) is 1. The van der Waals surface area contributed by atoms with Crippen LogP contribution in [0, 0.1) is 0 Å². The summed E-state index contributed by atoms with van der Waals surface area (Å²) in [5.41, 5.74) is 2.45. The van der Waals surface area contributed by atoms with Gasteiger partial charge in [-0.2, -0.15) is 0 Å². The van der Waals surface area contributed by atoms with Gasteiger partial charge in [-0.15, -0.1) is 0 Å². The van der Waals surface area contributed by atoms with Crippen LogP contribution in [0.4, 0.5) is 0 Å². The van der Waals surface area contributed by atoms with Gasteiger partial charge in [0.2, 0.25) is 5.76 Å². The number of aromatic carboxylic acids is 1. The smallest absolute Gasteiger partial charge is 0.371 e. The van der Waals surface area contributed by atoms with E-state index in [1.54, 1.807) is 17.0 Å². The van der Waals surface area contributed by atoms with Crippen LogP contribution in [0.2, 0.25) is 0 Å². The SMILES string of the molecule is O=C(O)c1ccc([C@H]2c3ccccc3C(=O)N2Cc2ccccc2)o1. The van der Waals surface area contributed by atoms with Gasteiger partial charge in [0.15, 0.2) is 0 Å². The van der Waals surface area contributed by atoms with Gasteiger partial charge in [-0.3, -0.25) is 4.79 Å². The third-order valence-electron chi connectivity index (χ3n) is 4.36. The molecule has 0 radical (unpaired) electrons. The van der Waals surface area contributed by atoms with E-state index in [1.807, 2.05) is 48.5 Å². The highest BCUT2D eigenvalue weighted by atomic mass is 16.4. The second-order valence-corrected chi connectivity index (χ2v) is 5.92. The van der Waals surface area contributed by atoms with E-state index >= 15 is 0 Å². The van der Waals surface area contributed by atoms with Gasteiger partial charge in [-0.25, -0.2) is 4.79 Å². The summed E-state index contributed by atoms with van der Waals surface area (Å²) in [6, 6.07) is 19.7. The first-order valence-electron chi connectivity index (χ1n) is 7.92. The lowest BCUT2D eigenvalue weighted by atomic mass is 10.0. The molecule has 1 atom stereocenters. The fraction of sp³-hybridized carbons (Fsp3) is 0.100. The first-order valence-corrected chi connectivity index (χ1v) is 7.92. The lowest BCUT2D eigenvalue weighted by Crippen LogP contribution is -2.28. The van der Waals surface area contributed by atoms with Crippen molar-refractivity contribution >= 4 is 11.9 Å². The maximum absolute atomic E-state index is 12.9. The largest absolute Gasteiger partial charge is 0.475 e. The molecule has 0 bridgehead atoms. The summed E-state index contributed by atoms with van der Waals surface area (Å²) >= 11 is 0. The summed E-state index contributed by atoms with van der Waals surface area (Å²) in [7, 11) is 0. The Hall–Kier alpha value is -3.34. The number of hydrogen-bond donors (Lipinski definition) is 1. The molecule has 4 rings (SSSR count). The lowest BCUT2D eigenvalue weighted by molar-refractivity contribution is 0.0653. The average molecular weight is 333 g/mol. The van der Waals surface area contributed by atoms with Gasteiger partial charge in [0.05, 0.1) is 0 Å². The number of hydrogen-bond acceptors (Lipinski definition) is 3. The molecule has 0 saturated carbocycles. The molecule has 1 aliphatic rings. The number of amides is 1. The maximum Gasteiger partial charge on any atom is 0.371 e. The fourth-order valence-corrected chi connectivity index (χ4v) is 3.23. The first-order chi connectivity index (χ1) is 12.1. The molecule has 1 amide bonds. The Morgan fingerprint density at radius 3 is 2.44 bits per heavy atom. The van der Waals surface area contributed by atoms with Crippen molar-refractivity contribution in [3.63, 3.8) is 0 Å². The molecule has 0 saturated heterocycles. The third-order valence-corrected chi connectivity index (χ3v) is 4.36. The highest BCUT2D eigenvalue weighted by Crippen LogP contribution is 2.39. The van der Waals surface area contributed by atoms with Crippen molar-refractivity contribution in [3.8, 4) is 0 Å². The number of rotatable bonds is 4. The summed E-state index contributed by atoms with van der Waals surface area (Å²) in [6.45, 7) is 0.419. The fourth-order valence-electron chi connectivity index (χ4n) is 3.23. The van der Waals surface area contributed by atoms with Gasteiger partial charge in [-0.05, 0) is 29.3 Å². The van der Waals surface area contributed by atoms with Crippen LogP contribution in [0.15, 0.2) is 71.1 Å². The van der Waals surface area contributed by atoms with Crippen molar-refractivity contribution < 1.29 is 19.1 Å². The number of carboxylic acids is 1. The van der Waals surface area contributed by atoms with Crippen molar-refractivity contribution in [1.82, 2.24) is 4.90 Å². The van der Waals surface area contributed by atoms with Crippen LogP contribution in [0.3, 0.4) is 0 Å². The molecular formula is C20H15NO4. The predicted octanol–water partition coefficient (Wildman–Crippen LogP) is 3.72. The molecule has 124 valence electrons. The van der Waals surface area contributed by atoms with Gasteiger partial charge < -0.3 is 14.4 Å². The molecule has 3 aromatic rings. The van der Waals surface area contributed by atoms with E-state index in [1.165, 1.54) is 6.07 Å². The van der Waals surface area contributed by atoms with E-state index in [-0.39, 0.29) is 11.7 Å². The number of nitrogens with zero attached hydrogens (tertiary/aromatic N) is 1. The topological polar surface area (TPSA) is 70.8 Å². The van der Waals surface area contributed by atoms with Crippen LogP contribution < -0.4 is 0 Å². The standard InChI is InChI=1S/C20H15NO4/c22-19-15-9-5-4-8-14(15)18(16-10-11-17(25-16)20(23)24)21(19)12-13-6-2-1-3-7-13/h1-11,18H,12H2,(H,23,24)/t18-/m1/s1. The van der Waals surface area contributed by atoms with Crippen molar-refractivity contribution in [2.45, 2.75) is 12.6 Å². The number of furan rings is 1. The van der Waals surface area contributed by atoms with Crippen molar-refractivity contribution in [2.24, 2.45) is 0 Å². The number of carbonyl (C=O) groups excluding carboxylic acids is 1. The van der Waals surface area contributed by atoms with E-state index in [0.29, 0.717) is 17.9 Å². The average Bonchev–Trinajstić information content (AvgIpc) is 3.21. The second kappa shape index (κ2) is 5.94. The monoisotopic (exact) mass is 333 g/mol. The third kappa shape index (κ3) is 2.59. The number of benzene rings is 2. The zero-order valence-corrected chi connectivity index (χ0v) is 13.3. The molecule has 2 heterocycles. The first kappa shape index (κ1) is 15.2. The molecule has 25 heavy (non-hydrogen) atoms. The normalized spacial score (nSPS) is 16.1. The van der Waals surface area contributed by atoms with E-state index in [2.05, 4.69) is 0 Å². The van der Waals surface area contributed by atoms with Crippen LogP contribution in [-0.4, -0.2) is 21.9 Å². The van der Waals surface area contributed by atoms with Crippen LogP contribution in [0.1, 0.15) is 43.8 Å². The van der Waals surface area contributed by atoms with Crippen molar-refractivity contribution in [2.75, 3.05) is 0 Å². The molecule has 0 unspecified atom stereocenters. The highest BCUT2D eigenvalue weighted by Gasteiger charge is 2.39. The predicted molar refractivity (Wildman–Crippen MR) is 90.3 cm³/mol. The molecule has 5 heteroatoms. The van der Waals surface area contributed by atoms with Gasteiger partial charge in [0.1, 0.15) is 11.8 Å². The summed E-state index contributed by atoms with van der Waals surface area (Å²) in [4.78, 5) is 25.7. The van der Waals surface area contributed by atoms with Crippen molar-refractivity contribution in [1.29, 1.82) is 0 Å². The molecular weight excluding hydrogens is 318 g/mol. The Kier molecular flexibility index (Phi) is 3.61. The molecule has 1 aliphatic heterocycles. The Labute approximate surface area is 144 Å². The van der Waals surface area contributed by atoms with Crippen LogP contribution in [0.25, 0.3) is 0 Å². The van der Waals surface area contributed by atoms with Gasteiger partial charge in [-0.1, -0.05) is 48.5 Å². The van der Waals surface area contributed by atoms with E-state index in [0.717, 1.165) is 11.1 Å². The number of fused-ring (bicyclic) bond motifs is 1. The molecule has 1 N–H and O–H groups in total.